The van der Waals surface area contributed by atoms with E-state index in [0.29, 0.717) is 0 Å². The number of nitrogens with one attached hydrogen (secondary N) is 2. The van der Waals surface area contributed by atoms with Crippen molar-refractivity contribution in [3.05, 3.63) is 11.4 Å². The second kappa shape index (κ2) is 7.21. The first-order valence-electron chi connectivity index (χ1n) is 6.54. The number of carboxylic acids is 2. The molecule has 0 bridgehead atoms. The van der Waals surface area contributed by atoms with Crippen molar-refractivity contribution in [2.75, 3.05) is 11.5 Å². The smallest absolute Gasteiger partial charge is 0.325 e. The van der Waals surface area contributed by atoms with E-state index in [0.717, 1.165) is 0 Å². The van der Waals surface area contributed by atoms with E-state index in [9.17, 15) is 19.2 Å². The van der Waals surface area contributed by atoms with Gasteiger partial charge in [0.05, 0.1) is 0 Å². The molecular formula is C12H16N6O6. The third-order valence-corrected chi connectivity index (χ3v) is 2.82. The number of rotatable bonds is 6. The maximum atomic E-state index is 11.9. The van der Waals surface area contributed by atoms with Crippen LogP contribution in [-0.2, 0) is 9.59 Å². The Morgan fingerprint density at radius 1 is 0.833 bits per heavy atom. The van der Waals surface area contributed by atoms with Crippen molar-refractivity contribution in [2.45, 2.75) is 25.9 Å². The molecule has 2 amide bonds. The van der Waals surface area contributed by atoms with Gasteiger partial charge in [0.25, 0.3) is 11.8 Å². The minimum Gasteiger partial charge on any atom is -0.480 e. The number of carboxylic acid groups (broad SMARTS) is 2. The zero-order valence-electron chi connectivity index (χ0n) is 12.7. The third kappa shape index (κ3) is 4.28. The van der Waals surface area contributed by atoms with E-state index in [4.69, 9.17) is 21.7 Å². The van der Waals surface area contributed by atoms with Crippen LogP contribution in [0.5, 0.6) is 0 Å². The Balaban J connectivity index is 3.05. The van der Waals surface area contributed by atoms with Crippen LogP contribution in [0.25, 0.3) is 0 Å². The van der Waals surface area contributed by atoms with Crippen molar-refractivity contribution < 1.29 is 29.4 Å². The molecule has 0 radical (unpaired) electrons. The summed E-state index contributed by atoms with van der Waals surface area (Å²) in [5.74, 6) is -5.36. The zero-order valence-corrected chi connectivity index (χ0v) is 12.7. The topological polar surface area (TPSA) is 211 Å². The molecule has 1 rings (SSSR count). The Labute approximate surface area is 135 Å². The van der Waals surface area contributed by atoms with Crippen LogP contribution in [0.15, 0.2) is 0 Å². The molecule has 2 atom stereocenters. The molecule has 0 saturated heterocycles. The number of hydrogen-bond acceptors (Lipinski definition) is 8. The lowest BCUT2D eigenvalue weighted by molar-refractivity contribution is -0.139. The Morgan fingerprint density at radius 2 is 1.12 bits per heavy atom. The summed E-state index contributed by atoms with van der Waals surface area (Å²) in [7, 11) is 0. The van der Waals surface area contributed by atoms with Crippen LogP contribution < -0.4 is 22.1 Å². The van der Waals surface area contributed by atoms with Crippen LogP contribution in [0.3, 0.4) is 0 Å². The number of carbonyl (C=O) groups is 4. The summed E-state index contributed by atoms with van der Waals surface area (Å²) in [5.41, 5.74) is 10.2. The summed E-state index contributed by atoms with van der Waals surface area (Å²) >= 11 is 0. The van der Waals surface area contributed by atoms with Gasteiger partial charge >= 0.3 is 11.9 Å². The van der Waals surface area contributed by atoms with Gasteiger partial charge in [-0.15, -0.1) is 0 Å². The lowest BCUT2D eigenvalue weighted by atomic mass is 10.2. The number of aliphatic carboxylic acids is 2. The average molecular weight is 340 g/mol. The number of nitrogen functional groups attached to an aromatic ring is 2. The Kier molecular flexibility index (Phi) is 5.59. The van der Waals surface area contributed by atoms with Crippen LogP contribution in [0.2, 0.25) is 0 Å². The van der Waals surface area contributed by atoms with Crippen LogP contribution in [-0.4, -0.2) is 56.0 Å². The first-order valence-corrected chi connectivity index (χ1v) is 6.54. The van der Waals surface area contributed by atoms with E-state index in [1.165, 1.54) is 13.8 Å². The quantitative estimate of drug-likeness (QED) is 0.336. The van der Waals surface area contributed by atoms with E-state index in [2.05, 4.69) is 20.6 Å². The summed E-state index contributed by atoms with van der Waals surface area (Å²) in [6, 6.07) is -2.42. The van der Waals surface area contributed by atoms with Gasteiger partial charge in [-0.2, -0.15) is 0 Å². The summed E-state index contributed by atoms with van der Waals surface area (Å²) in [6.45, 7) is 2.45. The SMILES string of the molecule is C[C@@H](NC(=O)c1nc(N)c(C(=O)N[C@H](C)C(=O)O)nc1N)C(=O)O. The molecule has 0 saturated carbocycles. The van der Waals surface area contributed by atoms with Crippen LogP contribution >= 0.6 is 0 Å². The zero-order chi connectivity index (χ0) is 18.6. The highest BCUT2D eigenvalue weighted by molar-refractivity contribution is 6.02. The number of amides is 2. The minimum atomic E-state index is -1.28. The van der Waals surface area contributed by atoms with E-state index in [-0.39, 0.29) is 0 Å². The van der Waals surface area contributed by atoms with Gasteiger partial charge in [-0.25, -0.2) is 9.97 Å². The molecule has 0 aromatic carbocycles. The summed E-state index contributed by atoms with van der Waals surface area (Å²) < 4.78 is 0. The third-order valence-electron chi connectivity index (χ3n) is 2.82. The van der Waals surface area contributed by atoms with Gasteiger partial charge in [-0.1, -0.05) is 0 Å². The van der Waals surface area contributed by atoms with Crippen molar-refractivity contribution >= 4 is 35.4 Å². The normalized spacial score (nSPS) is 12.8. The van der Waals surface area contributed by atoms with Gasteiger partial charge in [0, 0.05) is 0 Å². The molecule has 0 aliphatic rings. The predicted octanol–water partition coefficient (Wildman–Crippen LogP) is -1.95. The largest absolute Gasteiger partial charge is 0.480 e. The molecule has 0 unspecified atom stereocenters. The van der Waals surface area contributed by atoms with E-state index >= 15 is 0 Å². The number of hydrogen-bond donors (Lipinski definition) is 6. The highest BCUT2D eigenvalue weighted by Crippen LogP contribution is 2.13. The monoisotopic (exact) mass is 340 g/mol. The van der Waals surface area contributed by atoms with Gasteiger partial charge in [0.1, 0.15) is 12.1 Å². The molecule has 24 heavy (non-hydrogen) atoms. The van der Waals surface area contributed by atoms with E-state index in [1.54, 1.807) is 0 Å². The summed E-state index contributed by atoms with van der Waals surface area (Å²) in [6.07, 6.45) is 0. The van der Waals surface area contributed by atoms with Crippen molar-refractivity contribution in [1.29, 1.82) is 0 Å². The second-order valence-electron chi connectivity index (χ2n) is 4.76. The Bertz CT molecular complexity index is 646. The van der Waals surface area contributed by atoms with E-state index in [1.807, 2.05) is 0 Å². The standard InChI is InChI=1S/C12H16N6O6/c1-3(11(21)22)15-9(19)5-7(13)18-6(8(14)17-5)10(20)16-4(2)12(23)24/h3-4H,1-2H3,(H2,14,17)(H2,13,18)(H,15,19)(H,16,20)(H,21,22)(H,23,24)/t3-,4-/m1/s1. The maximum absolute atomic E-state index is 11.9. The molecule has 12 nitrogen and oxygen atoms in total. The predicted molar refractivity (Wildman–Crippen MR) is 80.0 cm³/mol. The number of carbonyl (C=O) groups excluding carboxylic acids is 2. The van der Waals surface area contributed by atoms with Crippen molar-refractivity contribution in [1.82, 2.24) is 20.6 Å². The molecule has 8 N–H and O–H groups in total. The molecule has 0 spiro atoms. The van der Waals surface area contributed by atoms with Crippen LogP contribution in [0.4, 0.5) is 11.6 Å². The molecule has 130 valence electrons. The fourth-order valence-corrected chi connectivity index (χ4v) is 1.45. The average Bonchev–Trinajstić information content (AvgIpc) is 2.48. The molecule has 1 aromatic rings. The van der Waals surface area contributed by atoms with Crippen LogP contribution in [0, 0.1) is 0 Å². The molecule has 1 heterocycles. The number of nitrogens with zero attached hydrogens (tertiary/aromatic N) is 2. The molecule has 0 aliphatic heterocycles. The first-order chi connectivity index (χ1) is 11.0. The summed E-state index contributed by atoms with van der Waals surface area (Å²) in [5, 5.41) is 21.7. The molecule has 1 aromatic heterocycles. The van der Waals surface area contributed by atoms with Gasteiger partial charge in [-0.05, 0) is 13.8 Å². The van der Waals surface area contributed by atoms with Crippen molar-refractivity contribution in [2.24, 2.45) is 0 Å². The van der Waals surface area contributed by atoms with E-state index < -0.39 is 58.9 Å². The summed E-state index contributed by atoms with van der Waals surface area (Å²) in [4.78, 5) is 52.5. The minimum absolute atomic E-state index is 0.455. The highest BCUT2D eigenvalue weighted by atomic mass is 16.4. The molecule has 12 heteroatoms. The molecular weight excluding hydrogens is 324 g/mol. The van der Waals surface area contributed by atoms with Crippen molar-refractivity contribution in [3.8, 4) is 0 Å². The van der Waals surface area contributed by atoms with Gasteiger partial charge < -0.3 is 32.3 Å². The lowest BCUT2D eigenvalue weighted by Gasteiger charge is -2.13. The van der Waals surface area contributed by atoms with Gasteiger partial charge in [-0.3, -0.25) is 19.2 Å². The highest BCUT2D eigenvalue weighted by Gasteiger charge is 2.24. The van der Waals surface area contributed by atoms with Gasteiger partial charge in [0.15, 0.2) is 23.0 Å². The van der Waals surface area contributed by atoms with Crippen LogP contribution in [0.1, 0.15) is 34.8 Å². The lowest BCUT2D eigenvalue weighted by Crippen LogP contribution is -2.40. The fourth-order valence-electron chi connectivity index (χ4n) is 1.45. The molecule has 0 fully saturated rings. The number of anilines is 2. The maximum Gasteiger partial charge on any atom is 0.325 e. The Morgan fingerprint density at radius 3 is 1.38 bits per heavy atom. The Hall–Kier alpha value is -3.44. The first kappa shape index (κ1) is 18.6. The fraction of sp³-hybridized carbons (Fsp3) is 0.333. The van der Waals surface area contributed by atoms with Crippen molar-refractivity contribution in [3.63, 3.8) is 0 Å². The number of nitrogens with two attached hydrogens (primary N) is 2. The second-order valence-corrected chi connectivity index (χ2v) is 4.76. The van der Waals surface area contributed by atoms with Gasteiger partial charge in [0.2, 0.25) is 0 Å². The molecule has 0 aliphatic carbocycles. The number of aromatic nitrogens is 2.